The summed E-state index contributed by atoms with van der Waals surface area (Å²) < 4.78 is 33.5. The van der Waals surface area contributed by atoms with Gasteiger partial charge in [0.15, 0.2) is 0 Å². The number of ether oxygens (including phenoxy) is 1. The number of halogens is 3. The fourth-order valence-corrected chi connectivity index (χ4v) is 2.47. The average Bonchev–Trinajstić information content (AvgIpc) is 2.62. The summed E-state index contributed by atoms with van der Waals surface area (Å²) in [4.78, 5) is 0. The van der Waals surface area contributed by atoms with Crippen LogP contribution < -0.4 is 10.5 Å². The first-order chi connectivity index (χ1) is 11.7. The molecule has 0 bridgehead atoms. The third-order valence-corrected chi connectivity index (χ3v) is 3.74. The fraction of sp³-hybridized carbons (Fsp3) is 0.100. The molecule has 3 aromatic rings. The van der Waals surface area contributed by atoms with Crippen molar-refractivity contribution in [1.82, 2.24) is 0 Å². The average molecular weight is 362 g/mol. The summed E-state index contributed by atoms with van der Waals surface area (Å²) in [5.41, 5.74) is 8.19. The molecule has 0 unspecified atom stereocenters. The number of hydrogen-bond acceptors (Lipinski definition) is 2. The van der Waals surface area contributed by atoms with Crippen LogP contribution in [0.3, 0.4) is 0 Å². The number of nitrogens with two attached hydrogens (primary N) is 1. The normalized spacial score (nSPS) is 10.2. The van der Waals surface area contributed by atoms with Gasteiger partial charge in [0.1, 0.15) is 24.0 Å². The third kappa shape index (κ3) is 4.56. The summed E-state index contributed by atoms with van der Waals surface area (Å²) in [6.45, 7) is 0.673. The van der Waals surface area contributed by atoms with Crippen LogP contribution in [0.15, 0.2) is 66.7 Å². The standard InChI is InChI=1S/C20H17F2NO.ClH/c21-16-7-9-19(22)18(11-16)17-8-6-15(12-23)10-20(17)24-13-14-4-2-1-3-5-14;/h1-11H,12-13,23H2;1H. The highest BCUT2D eigenvalue weighted by atomic mass is 35.5. The van der Waals surface area contributed by atoms with Gasteiger partial charge in [-0.3, -0.25) is 0 Å². The molecule has 0 saturated heterocycles. The molecule has 2 nitrogen and oxygen atoms in total. The van der Waals surface area contributed by atoms with Crippen molar-refractivity contribution in [2.45, 2.75) is 13.2 Å². The lowest BCUT2D eigenvalue weighted by Crippen LogP contribution is -2.01. The molecule has 0 atom stereocenters. The van der Waals surface area contributed by atoms with Gasteiger partial charge in [0.2, 0.25) is 0 Å². The van der Waals surface area contributed by atoms with Crippen molar-refractivity contribution in [3.8, 4) is 16.9 Å². The molecule has 2 N–H and O–H groups in total. The molecular weight excluding hydrogens is 344 g/mol. The first kappa shape index (κ1) is 18.9. The van der Waals surface area contributed by atoms with Crippen LogP contribution in [0, 0.1) is 11.6 Å². The molecule has 0 heterocycles. The second-order valence-electron chi connectivity index (χ2n) is 5.43. The minimum absolute atomic E-state index is 0. The molecule has 0 amide bonds. The second kappa shape index (κ2) is 8.60. The molecule has 0 aromatic heterocycles. The third-order valence-electron chi connectivity index (χ3n) is 3.74. The SMILES string of the molecule is Cl.NCc1ccc(-c2cc(F)ccc2F)c(OCc2ccccc2)c1. The molecule has 0 spiro atoms. The van der Waals surface area contributed by atoms with E-state index in [4.69, 9.17) is 10.5 Å². The molecule has 5 heteroatoms. The van der Waals surface area contributed by atoms with Crippen LogP contribution in [0.5, 0.6) is 5.75 Å². The van der Waals surface area contributed by atoms with Gasteiger partial charge in [-0.2, -0.15) is 0 Å². The molecule has 25 heavy (non-hydrogen) atoms. The highest BCUT2D eigenvalue weighted by Crippen LogP contribution is 2.33. The van der Waals surface area contributed by atoms with E-state index in [-0.39, 0.29) is 18.0 Å². The number of hydrogen-bond donors (Lipinski definition) is 1. The summed E-state index contributed by atoms with van der Waals surface area (Å²) in [7, 11) is 0. The van der Waals surface area contributed by atoms with E-state index < -0.39 is 11.6 Å². The van der Waals surface area contributed by atoms with E-state index in [9.17, 15) is 8.78 Å². The van der Waals surface area contributed by atoms with Gasteiger partial charge < -0.3 is 10.5 Å². The second-order valence-corrected chi connectivity index (χ2v) is 5.43. The summed E-state index contributed by atoms with van der Waals surface area (Å²) in [6, 6.07) is 18.3. The minimum Gasteiger partial charge on any atom is -0.488 e. The maximum atomic E-state index is 14.1. The predicted molar refractivity (Wildman–Crippen MR) is 97.7 cm³/mol. The number of benzene rings is 3. The Morgan fingerprint density at radius 1 is 0.800 bits per heavy atom. The van der Waals surface area contributed by atoms with E-state index in [2.05, 4.69) is 0 Å². The maximum absolute atomic E-state index is 14.1. The quantitative estimate of drug-likeness (QED) is 0.686. The van der Waals surface area contributed by atoms with E-state index in [1.165, 1.54) is 6.07 Å². The van der Waals surface area contributed by atoms with Crippen LogP contribution in [0.1, 0.15) is 11.1 Å². The van der Waals surface area contributed by atoms with Crippen molar-refractivity contribution < 1.29 is 13.5 Å². The van der Waals surface area contributed by atoms with Crippen molar-refractivity contribution in [2.75, 3.05) is 0 Å². The molecule has 0 aliphatic carbocycles. The zero-order valence-corrected chi connectivity index (χ0v) is 14.2. The molecule has 0 aliphatic heterocycles. The Labute approximate surface area is 151 Å². The Morgan fingerprint density at radius 3 is 2.28 bits per heavy atom. The molecule has 0 radical (unpaired) electrons. The largest absolute Gasteiger partial charge is 0.488 e. The van der Waals surface area contributed by atoms with Crippen molar-refractivity contribution in [2.24, 2.45) is 5.73 Å². The lowest BCUT2D eigenvalue weighted by atomic mass is 10.0. The van der Waals surface area contributed by atoms with Crippen LogP contribution in [0.25, 0.3) is 11.1 Å². The van der Waals surface area contributed by atoms with E-state index in [0.717, 1.165) is 23.3 Å². The zero-order valence-electron chi connectivity index (χ0n) is 13.4. The van der Waals surface area contributed by atoms with E-state index >= 15 is 0 Å². The topological polar surface area (TPSA) is 35.2 Å². The van der Waals surface area contributed by atoms with Gasteiger partial charge in [-0.25, -0.2) is 8.78 Å². The zero-order chi connectivity index (χ0) is 16.9. The Morgan fingerprint density at radius 2 is 1.56 bits per heavy atom. The van der Waals surface area contributed by atoms with Crippen LogP contribution in [-0.2, 0) is 13.2 Å². The molecule has 130 valence electrons. The summed E-state index contributed by atoms with van der Waals surface area (Å²) in [5, 5.41) is 0. The van der Waals surface area contributed by atoms with E-state index in [1.54, 1.807) is 18.2 Å². The van der Waals surface area contributed by atoms with Crippen LogP contribution >= 0.6 is 12.4 Å². The van der Waals surface area contributed by atoms with Crippen molar-refractivity contribution >= 4 is 12.4 Å². The van der Waals surface area contributed by atoms with Crippen molar-refractivity contribution in [1.29, 1.82) is 0 Å². The first-order valence-electron chi connectivity index (χ1n) is 7.62. The molecular formula is C20H18ClF2NO. The Hall–Kier alpha value is -2.43. The lowest BCUT2D eigenvalue weighted by Gasteiger charge is -2.14. The van der Waals surface area contributed by atoms with Crippen LogP contribution in [-0.4, -0.2) is 0 Å². The van der Waals surface area contributed by atoms with Gasteiger partial charge >= 0.3 is 0 Å². The van der Waals surface area contributed by atoms with Crippen LogP contribution in [0.2, 0.25) is 0 Å². The molecule has 0 saturated carbocycles. The minimum atomic E-state index is -0.499. The molecule has 0 fully saturated rings. The Kier molecular flexibility index (Phi) is 6.51. The van der Waals surface area contributed by atoms with Gasteiger partial charge in [0.25, 0.3) is 0 Å². The summed E-state index contributed by atoms with van der Waals surface area (Å²) >= 11 is 0. The van der Waals surface area contributed by atoms with Crippen molar-refractivity contribution in [3.05, 3.63) is 89.5 Å². The smallest absolute Gasteiger partial charge is 0.131 e. The van der Waals surface area contributed by atoms with E-state index in [1.807, 2.05) is 30.3 Å². The van der Waals surface area contributed by atoms with Gasteiger partial charge in [0.05, 0.1) is 0 Å². The summed E-state index contributed by atoms with van der Waals surface area (Å²) in [6.07, 6.45) is 0. The van der Waals surface area contributed by atoms with Crippen LogP contribution in [0.4, 0.5) is 8.78 Å². The first-order valence-corrected chi connectivity index (χ1v) is 7.62. The highest BCUT2D eigenvalue weighted by molar-refractivity contribution is 5.85. The van der Waals surface area contributed by atoms with Crippen molar-refractivity contribution in [3.63, 3.8) is 0 Å². The highest BCUT2D eigenvalue weighted by Gasteiger charge is 2.13. The Bertz CT molecular complexity index is 840. The fourth-order valence-electron chi connectivity index (χ4n) is 2.47. The van der Waals surface area contributed by atoms with Gasteiger partial charge in [-0.1, -0.05) is 42.5 Å². The predicted octanol–water partition coefficient (Wildman–Crippen LogP) is 5.09. The molecule has 0 aliphatic rings. The van der Waals surface area contributed by atoms with E-state index in [0.29, 0.717) is 24.5 Å². The molecule has 3 aromatic carbocycles. The lowest BCUT2D eigenvalue weighted by molar-refractivity contribution is 0.307. The maximum Gasteiger partial charge on any atom is 0.131 e. The molecule has 3 rings (SSSR count). The van der Waals surface area contributed by atoms with Gasteiger partial charge in [-0.15, -0.1) is 12.4 Å². The van der Waals surface area contributed by atoms with Gasteiger partial charge in [0, 0.05) is 17.7 Å². The van der Waals surface area contributed by atoms with Gasteiger partial charge in [-0.05, 0) is 35.4 Å². The Balaban J connectivity index is 0.00000225. The number of rotatable bonds is 5. The summed E-state index contributed by atoms with van der Waals surface area (Å²) in [5.74, 6) is -0.518. The monoisotopic (exact) mass is 361 g/mol.